The third kappa shape index (κ3) is 4.79. The summed E-state index contributed by atoms with van der Waals surface area (Å²) in [7, 11) is 2.06. The molecule has 0 amide bonds. The van der Waals surface area contributed by atoms with Crippen LogP contribution in [-0.2, 0) is 0 Å². The van der Waals surface area contributed by atoms with E-state index >= 15 is 0 Å². The fraction of sp³-hybridized carbons (Fsp3) is 0.625. The molecule has 1 saturated heterocycles. The molecule has 0 saturated carbocycles. The van der Waals surface area contributed by atoms with Crippen LogP contribution < -0.4 is 5.32 Å². The average molecular weight is 248 g/mol. The molecule has 2 rings (SSSR count). The molecule has 1 aliphatic heterocycles. The first-order valence-electron chi connectivity index (χ1n) is 7.34. The highest BCUT2D eigenvalue weighted by molar-refractivity contribution is 5.19. The Balaban J connectivity index is 0.000000771. The van der Waals surface area contributed by atoms with Crippen molar-refractivity contribution in [3.63, 3.8) is 0 Å². The van der Waals surface area contributed by atoms with Gasteiger partial charge in [-0.2, -0.15) is 0 Å². The Morgan fingerprint density at radius 2 is 1.67 bits per heavy atom. The first kappa shape index (κ1) is 15.2. The Bertz CT molecular complexity index is 291. The van der Waals surface area contributed by atoms with E-state index in [4.69, 9.17) is 0 Å². The fourth-order valence-electron chi connectivity index (χ4n) is 2.45. The minimum atomic E-state index is 0.472. The van der Waals surface area contributed by atoms with Gasteiger partial charge in [0.2, 0.25) is 0 Å². The predicted molar refractivity (Wildman–Crippen MR) is 79.9 cm³/mol. The van der Waals surface area contributed by atoms with Gasteiger partial charge in [-0.1, -0.05) is 50.6 Å². The molecule has 1 atom stereocenters. The lowest BCUT2D eigenvalue weighted by atomic mass is 10.0. The van der Waals surface area contributed by atoms with Crippen molar-refractivity contribution in [3.8, 4) is 0 Å². The predicted octanol–water partition coefficient (Wildman–Crippen LogP) is 3.46. The van der Waals surface area contributed by atoms with Crippen molar-refractivity contribution in [1.82, 2.24) is 10.2 Å². The second kappa shape index (κ2) is 9.12. The van der Waals surface area contributed by atoms with Crippen molar-refractivity contribution in [2.75, 3.05) is 26.7 Å². The van der Waals surface area contributed by atoms with Crippen LogP contribution in [0.3, 0.4) is 0 Å². The van der Waals surface area contributed by atoms with Crippen LogP contribution in [0.15, 0.2) is 30.3 Å². The van der Waals surface area contributed by atoms with E-state index in [-0.39, 0.29) is 0 Å². The van der Waals surface area contributed by atoms with Gasteiger partial charge in [0.25, 0.3) is 0 Å². The first-order chi connectivity index (χ1) is 8.90. The first-order valence-corrected chi connectivity index (χ1v) is 7.34. The molecule has 1 fully saturated rings. The number of rotatable bonds is 4. The summed E-state index contributed by atoms with van der Waals surface area (Å²) in [6.45, 7) is 7.68. The number of piperidine rings is 1. The van der Waals surface area contributed by atoms with Crippen LogP contribution in [0.1, 0.15) is 44.7 Å². The number of nitrogens with zero attached hydrogens (tertiary/aromatic N) is 1. The number of hydrogen-bond acceptors (Lipinski definition) is 2. The fourth-order valence-corrected chi connectivity index (χ4v) is 2.45. The van der Waals surface area contributed by atoms with Gasteiger partial charge in [-0.05, 0) is 38.5 Å². The highest BCUT2D eigenvalue weighted by Crippen LogP contribution is 2.16. The molecule has 1 N–H and O–H groups in total. The average Bonchev–Trinajstić information content (AvgIpc) is 2.49. The molecule has 2 heteroatoms. The van der Waals surface area contributed by atoms with Crippen molar-refractivity contribution < 1.29 is 0 Å². The van der Waals surface area contributed by atoms with Gasteiger partial charge in [0.1, 0.15) is 0 Å². The summed E-state index contributed by atoms with van der Waals surface area (Å²) in [5, 5.41) is 3.42. The van der Waals surface area contributed by atoms with Gasteiger partial charge in [0.15, 0.2) is 0 Å². The molecule has 0 spiro atoms. The zero-order chi connectivity index (χ0) is 13.2. The lowest BCUT2D eigenvalue weighted by Crippen LogP contribution is -2.37. The van der Waals surface area contributed by atoms with Gasteiger partial charge in [-0.25, -0.2) is 0 Å². The topological polar surface area (TPSA) is 15.3 Å². The number of likely N-dealkylation sites (tertiary alicyclic amines) is 1. The van der Waals surface area contributed by atoms with Crippen molar-refractivity contribution in [3.05, 3.63) is 35.9 Å². The molecule has 2 nitrogen and oxygen atoms in total. The molecule has 1 aromatic carbocycles. The van der Waals surface area contributed by atoms with Crippen molar-refractivity contribution in [2.24, 2.45) is 0 Å². The van der Waals surface area contributed by atoms with Gasteiger partial charge in [0, 0.05) is 12.6 Å². The number of benzene rings is 1. The van der Waals surface area contributed by atoms with Gasteiger partial charge in [-0.15, -0.1) is 0 Å². The Labute approximate surface area is 112 Å². The van der Waals surface area contributed by atoms with E-state index in [1.165, 1.54) is 37.9 Å². The highest BCUT2D eigenvalue weighted by atomic mass is 15.1. The Morgan fingerprint density at radius 3 is 2.22 bits per heavy atom. The molecular weight excluding hydrogens is 220 g/mol. The van der Waals surface area contributed by atoms with Gasteiger partial charge in [-0.3, -0.25) is 0 Å². The summed E-state index contributed by atoms with van der Waals surface area (Å²) in [5.41, 5.74) is 1.40. The molecule has 0 bridgehead atoms. The smallest absolute Gasteiger partial charge is 0.0446 e. The lowest BCUT2D eigenvalue weighted by molar-refractivity contribution is 0.208. The monoisotopic (exact) mass is 248 g/mol. The number of hydrogen-bond donors (Lipinski definition) is 1. The van der Waals surface area contributed by atoms with E-state index in [9.17, 15) is 0 Å². The quantitative estimate of drug-likeness (QED) is 0.878. The summed E-state index contributed by atoms with van der Waals surface area (Å²) in [6, 6.07) is 11.2. The Hall–Kier alpha value is -0.860. The molecule has 18 heavy (non-hydrogen) atoms. The molecule has 1 aromatic rings. The van der Waals surface area contributed by atoms with Crippen LogP contribution in [0, 0.1) is 0 Å². The van der Waals surface area contributed by atoms with E-state index in [1.807, 2.05) is 13.8 Å². The van der Waals surface area contributed by atoms with Crippen LogP contribution >= 0.6 is 0 Å². The Kier molecular flexibility index (Phi) is 7.70. The molecule has 1 heterocycles. The van der Waals surface area contributed by atoms with Gasteiger partial charge >= 0.3 is 0 Å². The van der Waals surface area contributed by atoms with E-state index < -0.39 is 0 Å². The zero-order valence-corrected chi connectivity index (χ0v) is 12.2. The molecule has 1 unspecified atom stereocenters. The van der Waals surface area contributed by atoms with Crippen molar-refractivity contribution >= 4 is 0 Å². The summed E-state index contributed by atoms with van der Waals surface area (Å²) in [6.07, 6.45) is 4.14. The SMILES string of the molecule is CC.CNC(CN1CCCCC1)c1ccccc1. The molecule has 0 aromatic heterocycles. The second-order valence-corrected chi connectivity index (χ2v) is 4.61. The summed E-state index contributed by atoms with van der Waals surface area (Å²) >= 11 is 0. The Morgan fingerprint density at radius 1 is 1.06 bits per heavy atom. The molecule has 0 aliphatic carbocycles. The van der Waals surface area contributed by atoms with Crippen LogP contribution in [0.5, 0.6) is 0 Å². The lowest BCUT2D eigenvalue weighted by Gasteiger charge is -2.30. The van der Waals surface area contributed by atoms with Gasteiger partial charge < -0.3 is 10.2 Å². The second-order valence-electron chi connectivity index (χ2n) is 4.61. The van der Waals surface area contributed by atoms with Gasteiger partial charge in [0.05, 0.1) is 0 Å². The van der Waals surface area contributed by atoms with E-state index in [1.54, 1.807) is 0 Å². The third-order valence-corrected chi connectivity index (χ3v) is 3.44. The van der Waals surface area contributed by atoms with Crippen LogP contribution in [0.25, 0.3) is 0 Å². The molecular formula is C16H28N2. The maximum atomic E-state index is 3.42. The van der Waals surface area contributed by atoms with Crippen molar-refractivity contribution in [2.45, 2.75) is 39.2 Å². The maximum Gasteiger partial charge on any atom is 0.0446 e. The minimum absolute atomic E-state index is 0.472. The standard InChI is InChI=1S/C14H22N2.C2H6/c1-15-14(13-8-4-2-5-9-13)12-16-10-6-3-7-11-16;1-2/h2,4-5,8-9,14-15H,3,6-7,10-12H2,1H3;1-2H3. The maximum absolute atomic E-state index is 3.42. The van der Waals surface area contributed by atoms with Crippen LogP contribution in [0.4, 0.5) is 0 Å². The number of nitrogens with one attached hydrogen (secondary N) is 1. The van der Waals surface area contributed by atoms with Crippen molar-refractivity contribution in [1.29, 1.82) is 0 Å². The van der Waals surface area contributed by atoms with Crippen LogP contribution in [-0.4, -0.2) is 31.6 Å². The summed E-state index contributed by atoms with van der Waals surface area (Å²) < 4.78 is 0. The molecule has 0 radical (unpaired) electrons. The summed E-state index contributed by atoms with van der Waals surface area (Å²) in [5.74, 6) is 0. The largest absolute Gasteiger partial charge is 0.312 e. The summed E-state index contributed by atoms with van der Waals surface area (Å²) in [4.78, 5) is 2.58. The zero-order valence-electron chi connectivity index (χ0n) is 12.2. The van der Waals surface area contributed by atoms with Crippen LogP contribution in [0.2, 0.25) is 0 Å². The van der Waals surface area contributed by atoms with E-state index in [0.717, 1.165) is 6.54 Å². The number of likely N-dealkylation sites (N-methyl/N-ethyl adjacent to an activating group) is 1. The molecule has 1 aliphatic rings. The normalized spacial score (nSPS) is 17.7. The van der Waals surface area contributed by atoms with E-state index in [0.29, 0.717) is 6.04 Å². The minimum Gasteiger partial charge on any atom is -0.312 e. The third-order valence-electron chi connectivity index (χ3n) is 3.44. The highest BCUT2D eigenvalue weighted by Gasteiger charge is 2.16. The van der Waals surface area contributed by atoms with E-state index in [2.05, 4.69) is 47.6 Å². The molecule has 102 valence electrons.